The van der Waals surface area contributed by atoms with E-state index in [1.165, 1.54) is 0 Å². The topological polar surface area (TPSA) is 37.4 Å². The van der Waals surface area contributed by atoms with Crippen molar-refractivity contribution < 1.29 is 4.74 Å². The lowest BCUT2D eigenvalue weighted by Gasteiger charge is -2.14. The van der Waals surface area contributed by atoms with Gasteiger partial charge < -0.3 is 10.2 Å². The number of anilines is 1. The van der Waals surface area contributed by atoms with Gasteiger partial charge in [-0.1, -0.05) is 0 Å². The Bertz CT molecular complexity index is 250. The third-order valence-corrected chi connectivity index (χ3v) is 1.32. The van der Waals surface area contributed by atoms with Gasteiger partial charge in [0.1, 0.15) is 0 Å². The second-order valence-corrected chi connectivity index (χ2v) is 2.56. The van der Waals surface area contributed by atoms with Crippen LogP contribution in [0.4, 0.5) is 5.82 Å². The highest BCUT2D eigenvalue weighted by Crippen LogP contribution is 2.19. The zero-order valence-electron chi connectivity index (χ0n) is 7.53. The van der Waals surface area contributed by atoms with E-state index in [1.807, 2.05) is 31.2 Å². The molecule has 0 fully saturated rings. The monoisotopic (exact) mass is 167 g/mol. The van der Waals surface area contributed by atoms with Crippen LogP contribution >= 0.6 is 0 Å². The maximum Gasteiger partial charge on any atom is 0.183 e. The van der Waals surface area contributed by atoms with Crippen LogP contribution in [-0.2, 0) is 0 Å². The number of hydrogen-bond donors (Lipinski definition) is 1. The summed E-state index contributed by atoms with van der Waals surface area (Å²) < 4.78 is 5.09. The molecule has 0 unspecified atom stereocenters. The molecule has 1 N–H and O–H groups in total. The van der Waals surface area contributed by atoms with Crippen LogP contribution in [0, 0.1) is 0 Å². The van der Waals surface area contributed by atoms with Gasteiger partial charge in [0.25, 0.3) is 0 Å². The molecule has 0 aromatic carbocycles. The summed E-state index contributed by atoms with van der Waals surface area (Å²) in [7, 11) is 5.42. The lowest BCUT2D eigenvalue weighted by Crippen LogP contribution is -2.20. The number of pyridine rings is 1. The number of ether oxygens (including phenoxy) is 1. The molecule has 0 aliphatic rings. The second kappa shape index (κ2) is 3.92. The number of hydrazine groups is 1. The molecule has 0 radical (unpaired) electrons. The molecule has 4 heteroatoms. The molecular formula is C8H13N3O. The third-order valence-electron chi connectivity index (χ3n) is 1.32. The summed E-state index contributed by atoms with van der Waals surface area (Å²) in [5.74, 6) is 1.47. The number of methoxy groups -OCH3 is 1. The maximum absolute atomic E-state index is 5.09. The molecule has 12 heavy (non-hydrogen) atoms. The highest BCUT2D eigenvalue weighted by Gasteiger charge is 2.01. The molecular weight excluding hydrogens is 154 g/mol. The highest BCUT2D eigenvalue weighted by atomic mass is 16.5. The van der Waals surface area contributed by atoms with Crippen molar-refractivity contribution in [2.45, 2.75) is 0 Å². The highest BCUT2D eigenvalue weighted by molar-refractivity contribution is 5.48. The Kier molecular flexibility index (Phi) is 2.88. The fourth-order valence-corrected chi connectivity index (χ4v) is 0.851. The lowest BCUT2D eigenvalue weighted by molar-refractivity contribution is 0.408. The van der Waals surface area contributed by atoms with Gasteiger partial charge in [-0.05, 0) is 12.1 Å². The molecule has 0 amide bonds. The lowest BCUT2D eigenvalue weighted by atomic mass is 10.4. The van der Waals surface area contributed by atoms with Gasteiger partial charge in [-0.2, -0.15) is 0 Å². The minimum absolute atomic E-state index is 0.727. The van der Waals surface area contributed by atoms with Gasteiger partial charge in [0.05, 0.1) is 7.11 Å². The smallest absolute Gasteiger partial charge is 0.183 e. The largest absolute Gasteiger partial charge is 0.493 e. The quantitative estimate of drug-likeness (QED) is 0.681. The van der Waals surface area contributed by atoms with Crippen molar-refractivity contribution in [3.05, 3.63) is 18.3 Å². The average molecular weight is 167 g/mol. The van der Waals surface area contributed by atoms with Crippen LogP contribution in [0.25, 0.3) is 0 Å². The minimum atomic E-state index is 0.727. The van der Waals surface area contributed by atoms with E-state index in [1.54, 1.807) is 13.3 Å². The van der Waals surface area contributed by atoms with E-state index in [0.29, 0.717) is 0 Å². The van der Waals surface area contributed by atoms with Crippen molar-refractivity contribution in [3.63, 3.8) is 0 Å². The van der Waals surface area contributed by atoms with Crippen molar-refractivity contribution in [3.8, 4) is 5.75 Å². The summed E-state index contributed by atoms with van der Waals surface area (Å²) in [6.07, 6.45) is 1.72. The predicted octanol–water partition coefficient (Wildman–Crippen LogP) is 0.979. The molecule has 0 bridgehead atoms. The summed E-state index contributed by atoms with van der Waals surface area (Å²) in [6, 6.07) is 3.69. The molecule has 4 nitrogen and oxygen atoms in total. The molecule has 66 valence electrons. The molecule has 1 heterocycles. The average Bonchev–Trinajstić information content (AvgIpc) is 2.04. The first kappa shape index (κ1) is 8.80. The Morgan fingerprint density at radius 1 is 1.50 bits per heavy atom. The van der Waals surface area contributed by atoms with Gasteiger partial charge in [-0.25, -0.2) is 9.99 Å². The first-order valence-electron chi connectivity index (χ1n) is 3.67. The fraction of sp³-hybridized carbons (Fsp3) is 0.375. The Morgan fingerprint density at radius 2 is 2.25 bits per heavy atom. The van der Waals surface area contributed by atoms with Crippen molar-refractivity contribution in [1.82, 2.24) is 9.99 Å². The van der Waals surface area contributed by atoms with Crippen molar-refractivity contribution in [1.29, 1.82) is 0 Å². The van der Waals surface area contributed by atoms with Crippen LogP contribution in [0.1, 0.15) is 0 Å². The van der Waals surface area contributed by atoms with Crippen LogP contribution in [0.2, 0.25) is 0 Å². The van der Waals surface area contributed by atoms with Gasteiger partial charge in [0, 0.05) is 20.3 Å². The van der Waals surface area contributed by atoms with E-state index in [0.717, 1.165) is 11.6 Å². The molecule has 0 atom stereocenters. The normalized spacial score (nSPS) is 10.0. The molecule has 1 rings (SSSR count). The van der Waals surface area contributed by atoms with E-state index in [4.69, 9.17) is 4.74 Å². The van der Waals surface area contributed by atoms with Gasteiger partial charge in [-0.15, -0.1) is 0 Å². The SMILES string of the molecule is COc1cccnc1NN(C)C. The molecule has 0 spiro atoms. The van der Waals surface area contributed by atoms with Crippen LogP contribution in [0.3, 0.4) is 0 Å². The Morgan fingerprint density at radius 3 is 2.83 bits per heavy atom. The maximum atomic E-state index is 5.09. The number of nitrogens with zero attached hydrogens (tertiary/aromatic N) is 2. The van der Waals surface area contributed by atoms with E-state index in [-0.39, 0.29) is 0 Å². The van der Waals surface area contributed by atoms with Crippen LogP contribution in [0.5, 0.6) is 5.75 Å². The number of hydrogen-bond acceptors (Lipinski definition) is 4. The number of rotatable bonds is 3. The van der Waals surface area contributed by atoms with Crippen molar-refractivity contribution in [2.75, 3.05) is 26.6 Å². The van der Waals surface area contributed by atoms with Crippen molar-refractivity contribution >= 4 is 5.82 Å². The minimum Gasteiger partial charge on any atom is -0.493 e. The van der Waals surface area contributed by atoms with Crippen molar-refractivity contribution in [2.24, 2.45) is 0 Å². The van der Waals surface area contributed by atoms with E-state index in [2.05, 4.69) is 10.4 Å². The van der Waals surface area contributed by atoms with E-state index >= 15 is 0 Å². The zero-order chi connectivity index (χ0) is 8.97. The van der Waals surface area contributed by atoms with E-state index in [9.17, 15) is 0 Å². The number of nitrogens with one attached hydrogen (secondary N) is 1. The Balaban J connectivity index is 2.82. The summed E-state index contributed by atoms with van der Waals surface area (Å²) in [4.78, 5) is 4.11. The second-order valence-electron chi connectivity index (χ2n) is 2.56. The van der Waals surface area contributed by atoms with Crippen LogP contribution < -0.4 is 10.2 Å². The summed E-state index contributed by atoms with van der Waals surface area (Å²) >= 11 is 0. The Hall–Kier alpha value is -1.29. The van der Waals surface area contributed by atoms with Gasteiger partial charge >= 0.3 is 0 Å². The molecule has 1 aromatic heterocycles. The summed E-state index contributed by atoms with van der Waals surface area (Å²) in [5, 5.41) is 1.81. The molecule has 0 saturated heterocycles. The molecule has 0 aliphatic carbocycles. The van der Waals surface area contributed by atoms with Crippen LogP contribution in [0.15, 0.2) is 18.3 Å². The summed E-state index contributed by atoms with van der Waals surface area (Å²) in [5.41, 5.74) is 3.02. The Labute approximate surface area is 72.1 Å². The molecule has 0 aliphatic heterocycles. The van der Waals surface area contributed by atoms with Gasteiger partial charge in [0.2, 0.25) is 0 Å². The number of aromatic nitrogens is 1. The molecule has 0 saturated carbocycles. The van der Waals surface area contributed by atoms with E-state index < -0.39 is 0 Å². The first-order chi connectivity index (χ1) is 5.74. The summed E-state index contributed by atoms with van der Waals surface area (Å²) in [6.45, 7) is 0. The standard InChI is InChI=1S/C8H13N3O/c1-11(2)10-8-7(12-3)5-4-6-9-8/h4-6H,1-3H3,(H,9,10). The predicted molar refractivity (Wildman–Crippen MR) is 48.1 cm³/mol. The fourth-order valence-electron chi connectivity index (χ4n) is 0.851. The first-order valence-corrected chi connectivity index (χ1v) is 3.67. The van der Waals surface area contributed by atoms with Gasteiger partial charge in [-0.3, -0.25) is 0 Å². The third kappa shape index (κ3) is 2.10. The van der Waals surface area contributed by atoms with Crippen LogP contribution in [-0.4, -0.2) is 31.2 Å². The molecule has 1 aromatic rings. The van der Waals surface area contributed by atoms with Gasteiger partial charge in [0.15, 0.2) is 11.6 Å². The zero-order valence-corrected chi connectivity index (χ0v) is 7.53.